The molecule has 70 valence electrons. The largest absolute Gasteiger partial charge is 0.497 e. The van der Waals surface area contributed by atoms with Crippen molar-refractivity contribution in [3.63, 3.8) is 0 Å². The third kappa shape index (κ3) is 1.80. The van der Waals surface area contributed by atoms with Crippen molar-refractivity contribution >= 4 is 5.97 Å². The molecule has 0 amide bonds. The summed E-state index contributed by atoms with van der Waals surface area (Å²) in [6, 6.07) is 3.35. The molecule has 3 heteroatoms. The molecule has 0 aliphatic rings. The third-order valence-electron chi connectivity index (χ3n) is 2.11. The predicted molar refractivity (Wildman–Crippen MR) is 49.4 cm³/mol. The SMILES string of the molecule is COc1cc(C)c(C)c(C(=O)O)c1. The standard InChI is InChI=1S/C10H12O3/c1-6-4-8(13-3)5-9(7(6)2)10(11)12/h4-5H,1-3H3,(H,11,12). The molecule has 0 aliphatic heterocycles. The predicted octanol–water partition coefficient (Wildman–Crippen LogP) is 2.01. The van der Waals surface area contributed by atoms with Crippen LogP contribution in [0.2, 0.25) is 0 Å². The molecule has 13 heavy (non-hydrogen) atoms. The number of methoxy groups -OCH3 is 1. The van der Waals surface area contributed by atoms with E-state index in [0.717, 1.165) is 11.1 Å². The van der Waals surface area contributed by atoms with Crippen molar-refractivity contribution in [2.75, 3.05) is 7.11 Å². The van der Waals surface area contributed by atoms with Crippen LogP contribution >= 0.6 is 0 Å². The van der Waals surface area contributed by atoms with Crippen molar-refractivity contribution < 1.29 is 14.6 Å². The molecule has 1 aromatic carbocycles. The maximum atomic E-state index is 10.8. The van der Waals surface area contributed by atoms with Crippen molar-refractivity contribution in [3.8, 4) is 5.75 Å². The highest BCUT2D eigenvalue weighted by atomic mass is 16.5. The number of aromatic carboxylic acids is 1. The number of hydrogen-bond donors (Lipinski definition) is 1. The minimum absolute atomic E-state index is 0.303. The summed E-state index contributed by atoms with van der Waals surface area (Å²) in [5, 5.41) is 8.85. The molecule has 0 atom stereocenters. The van der Waals surface area contributed by atoms with Crippen molar-refractivity contribution in [1.82, 2.24) is 0 Å². The van der Waals surface area contributed by atoms with Gasteiger partial charge in [-0.2, -0.15) is 0 Å². The second-order valence-corrected chi connectivity index (χ2v) is 2.92. The Kier molecular flexibility index (Phi) is 2.56. The molecule has 0 bridgehead atoms. The molecule has 1 rings (SSSR count). The minimum Gasteiger partial charge on any atom is -0.497 e. The van der Waals surface area contributed by atoms with Gasteiger partial charge < -0.3 is 9.84 Å². The minimum atomic E-state index is -0.917. The number of aryl methyl sites for hydroxylation is 1. The van der Waals surface area contributed by atoms with Gasteiger partial charge in [-0.25, -0.2) is 4.79 Å². The van der Waals surface area contributed by atoms with Gasteiger partial charge in [-0.3, -0.25) is 0 Å². The van der Waals surface area contributed by atoms with Crippen LogP contribution in [0.3, 0.4) is 0 Å². The second-order valence-electron chi connectivity index (χ2n) is 2.92. The molecule has 0 aromatic heterocycles. The number of ether oxygens (including phenoxy) is 1. The van der Waals surface area contributed by atoms with Crippen LogP contribution in [0.4, 0.5) is 0 Å². The van der Waals surface area contributed by atoms with E-state index in [1.807, 2.05) is 13.0 Å². The van der Waals surface area contributed by atoms with Gasteiger partial charge in [0.25, 0.3) is 0 Å². The quantitative estimate of drug-likeness (QED) is 0.757. The van der Waals surface area contributed by atoms with Crippen LogP contribution in [-0.2, 0) is 0 Å². The number of carboxylic acid groups (broad SMARTS) is 1. The zero-order chi connectivity index (χ0) is 10.0. The molecule has 1 aromatic rings. The Morgan fingerprint density at radius 3 is 2.46 bits per heavy atom. The summed E-state index contributed by atoms with van der Waals surface area (Å²) in [4.78, 5) is 10.8. The van der Waals surface area contributed by atoms with Crippen molar-refractivity contribution in [2.45, 2.75) is 13.8 Å². The normalized spacial score (nSPS) is 9.77. The fourth-order valence-corrected chi connectivity index (χ4v) is 1.17. The summed E-state index contributed by atoms with van der Waals surface area (Å²) >= 11 is 0. The summed E-state index contributed by atoms with van der Waals surface area (Å²) in [5.41, 5.74) is 2.02. The summed E-state index contributed by atoms with van der Waals surface area (Å²) < 4.78 is 4.98. The van der Waals surface area contributed by atoms with E-state index in [1.165, 1.54) is 13.2 Å². The first-order valence-electron chi connectivity index (χ1n) is 3.94. The molecule has 0 saturated carbocycles. The van der Waals surface area contributed by atoms with Gasteiger partial charge in [0.15, 0.2) is 0 Å². The van der Waals surface area contributed by atoms with Crippen molar-refractivity contribution in [3.05, 3.63) is 28.8 Å². The van der Waals surface area contributed by atoms with Gasteiger partial charge in [0, 0.05) is 0 Å². The highest BCUT2D eigenvalue weighted by Gasteiger charge is 2.10. The van der Waals surface area contributed by atoms with E-state index in [1.54, 1.807) is 6.92 Å². The number of hydrogen-bond acceptors (Lipinski definition) is 2. The molecule has 0 aliphatic carbocycles. The van der Waals surface area contributed by atoms with E-state index in [-0.39, 0.29) is 0 Å². The van der Waals surface area contributed by atoms with E-state index in [4.69, 9.17) is 9.84 Å². The van der Waals surface area contributed by atoms with E-state index < -0.39 is 5.97 Å². The van der Waals surface area contributed by atoms with Gasteiger partial charge >= 0.3 is 5.97 Å². The Hall–Kier alpha value is -1.51. The Morgan fingerprint density at radius 1 is 1.38 bits per heavy atom. The second kappa shape index (κ2) is 3.47. The number of rotatable bonds is 2. The fraction of sp³-hybridized carbons (Fsp3) is 0.300. The van der Waals surface area contributed by atoms with Crippen molar-refractivity contribution in [1.29, 1.82) is 0 Å². The Bertz CT molecular complexity index is 342. The highest BCUT2D eigenvalue weighted by molar-refractivity contribution is 5.90. The van der Waals surface area contributed by atoms with Gasteiger partial charge in [-0.1, -0.05) is 0 Å². The van der Waals surface area contributed by atoms with E-state index in [2.05, 4.69) is 0 Å². The molecule has 1 N–H and O–H groups in total. The average Bonchev–Trinajstić information content (AvgIpc) is 2.09. The maximum absolute atomic E-state index is 10.8. The van der Waals surface area contributed by atoms with Gasteiger partial charge in [0.2, 0.25) is 0 Å². The Labute approximate surface area is 77.0 Å². The number of benzene rings is 1. The van der Waals surface area contributed by atoms with E-state index in [9.17, 15) is 4.79 Å². The van der Waals surface area contributed by atoms with Crippen molar-refractivity contribution in [2.24, 2.45) is 0 Å². The first-order chi connectivity index (χ1) is 6.06. The molecule has 3 nitrogen and oxygen atoms in total. The molecule has 0 radical (unpaired) electrons. The van der Waals surface area contributed by atoms with Gasteiger partial charge in [-0.05, 0) is 37.1 Å². The van der Waals surface area contributed by atoms with Crippen LogP contribution in [0.15, 0.2) is 12.1 Å². The summed E-state index contributed by atoms with van der Waals surface area (Å²) in [7, 11) is 1.52. The topological polar surface area (TPSA) is 46.5 Å². The smallest absolute Gasteiger partial charge is 0.336 e. The first-order valence-corrected chi connectivity index (χ1v) is 3.94. The highest BCUT2D eigenvalue weighted by Crippen LogP contribution is 2.21. The Balaban J connectivity index is 3.33. The lowest BCUT2D eigenvalue weighted by atomic mass is 10.0. The summed E-state index contributed by atoms with van der Waals surface area (Å²) in [6.07, 6.45) is 0. The molecule has 0 saturated heterocycles. The van der Waals surface area contributed by atoms with Gasteiger partial charge in [0.05, 0.1) is 12.7 Å². The molecular formula is C10H12O3. The van der Waals surface area contributed by atoms with E-state index >= 15 is 0 Å². The Morgan fingerprint density at radius 2 is 2.00 bits per heavy atom. The van der Waals surface area contributed by atoms with Gasteiger partial charge in [0.1, 0.15) is 5.75 Å². The molecule has 0 spiro atoms. The monoisotopic (exact) mass is 180 g/mol. The third-order valence-corrected chi connectivity index (χ3v) is 2.11. The molecule has 0 heterocycles. The zero-order valence-electron chi connectivity index (χ0n) is 7.92. The summed E-state index contributed by atoms with van der Waals surface area (Å²) in [5.74, 6) is -0.333. The summed E-state index contributed by atoms with van der Waals surface area (Å²) in [6.45, 7) is 3.66. The molecular weight excluding hydrogens is 168 g/mol. The van der Waals surface area contributed by atoms with Crippen LogP contribution < -0.4 is 4.74 Å². The average molecular weight is 180 g/mol. The number of carbonyl (C=O) groups is 1. The fourth-order valence-electron chi connectivity index (χ4n) is 1.17. The molecule has 0 unspecified atom stereocenters. The maximum Gasteiger partial charge on any atom is 0.336 e. The van der Waals surface area contributed by atoms with Gasteiger partial charge in [-0.15, -0.1) is 0 Å². The lowest BCUT2D eigenvalue weighted by Gasteiger charge is -2.07. The first kappa shape index (κ1) is 9.58. The zero-order valence-corrected chi connectivity index (χ0v) is 7.92. The lowest BCUT2D eigenvalue weighted by molar-refractivity contribution is 0.0695. The van der Waals surface area contributed by atoms with Crippen LogP contribution in [0.5, 0.6) is 5.75 Å². The van der Waals surface area contributed by atoms with Crippen LogP contribution in [-0.4, -0.2) is 18.2 Å². The van der Waals surface area contributed by atoms with Crippen LogP contribution in [0, 0.1) is 13.8 Å². The van der Waals surface area contributed by atoms with Crippen LogP contribution in [0.25, 0.3) is 0 Å². The lowest BCUT2D eigenvalue weighted by Crippen LogP contribution is -2.02. The molecule has 0 fully saturated rings. The van der Waals surface area contributed by atoms with Crippen LogP contribution in [0.1, 0.15) is 21.5 Å². The number of carboxylic acids is 1. The van der Waals surface area contributed by atoms with E-state index in [0.29, 0.717) is 11.3 Å².